The summed E-state index contributed by atoms with van der Waals surface area (Å²) < 4.78 is 2.81. The van der Waals surface area contributed by atoms with Crippen molar-refractivity contribution in [3.05, 3.63) is 82.4 Å². The standard InChI is InChI=1S/C26H28N6O2/c1-18-8-7-11-22(14-18)30-13-12-29(16-19(30)2)25(33)17-31-26(34)24-15-23(21-9-5-4-6-10-21)28-32(24)20(3)27-31/h4-11,14-15,19H,12-13,16-17H2,1-3H3. The molecule has 0 aliphatic carbocycles. The second kappa shape index (κ2) is 8.78. The summed E-state index contributed by atoms with van der Waals surface area (Å²) >= 11 is 0. The number of hydrogen-bond donors (Lipinski definition) is 0. The number of anilines is 1. The van der Waals surface area contributed by atoms with Gasteiger partial charge in [0.25, 0.3) is 5.56 Å². The van der Waals surface area contributed by atoms with Gasteiger partial charge in [-0.25, -0.2) is 9.20 Å². The van der Waals surface area contributed by atoms with Crippen molar-refractivity contribution >= 4 is 17.1 Å². The molecule has 4 aromatic rings. The molecule has 2 aromatic carbocycles. The SMILES string of the molecule is Cc1cccc(N2CCN(C(=O)Cn3nc(C)n4nc(-c5ccccc5)cc4c3=O)CC2C)c1. The predicted octanol–water partition coefficient (Wildman–Crippen LogP) is 2.91. The van der Waals surface area contributed by atoms with Crippen LogP contribution in [0.2, 0.25) is 0 Å². The Morgan fingerprint density at radius 1 is 1.00 bits per heavy atom. The Balaban J connectivity index is 1.35. The van der Waals surface area contributed by atoms with E-state index in [0.29, 0.717) is 30.1 Å². The number of hydrogen-bond acceptors (Lipinski definition) is 5. The highest BCUT2D eigenvalue weighted by Crippen LogP contribution is 2.22. The van der Waals surface area contributed by atoms with Crippen LogP contribution in [0.3, 0.4) is 0 Å². The van der Waals surface area contributed by atoms with Crippen molar-refractivity contribution in [3.8, 4) is 11.3 Å². The van der Waals surface area contributed by atoms with Gasteiger partial charge in [-0.05, 0) is 44.5 Å². The largest absolute Gasteiger partial charge is 0.365 e. The Hall–Kier alpha value is -3.94. The number of aromatic nitrogens is 4. The predicted molar refractivity (Wildman–Crippen MR) is 132 cm³/mol. The van der Waals surface area contributed by atoms with Crippen LogP contribution >= 0.6 is 0 Å². The number of rotatable bonds is 4. The van der Waals surface area contributed by atoms with Gasteiger partial charge in [0.1, 0.15) is 17.9 Å². The topological polar surface area (TPSA) is 75.7 Å². The van der Waals surface area contributed by atoms with Gasteiger partial charge in [-0.15, -0.1) is 0 Å². The summed E-state index contributed by atoms with van der Waals surface area (Å²) in [5, 5.41) is 8.93. The Bertz CT molecular complexity index is 1410. The molecule has 8 nitrogen and oxygen atoms in total. The molecule has 1 aliphatic heterocycles. The fourth-order valence-electron chi connectivity index (χ4n) is 4.63. The second-order valence-electron chi connectivity index (χ2n) is 8.92. The summed E-state index contributed by atoms with van der Waals surface area (Å²) in [6, 6.07) is 20.1. The maximum Gasteiger partial charge on any atom is 0.293 e. The van der Waals surface area contributed by atoms with Crippen LogP contribution in [0.15, 0.2) is 65.5 Å². The van der Waals surface area contributed by atoms with Gasteiger partial charge in [0, 0.05) is 36.9 Å². The number of fused-ring (bicyclic) bond motifs is 1. The smallest absolute Gasteiger partial charge is 0.293 e. The molecular formula is C26H28N6O2. The molecule has 0 radical (unpaired) electrons. The molecule has 34 heavy (non-hydrogen) atoms. The van der Waals surface area contributed by atoms with Crippen LogP contribution < -0.4 is 10.5 Å². The van der Waals surface area contributed by atoms with Gasteiger partial charge < -0.3 is 9.80 Å². The van der Waals surface area contributed by atoms with Gasteiger partial charge in [-0.2, -0.15) is 10.2 Å². The molecule has 1 unspecified atom stereocenters. The van der Waals surface area contributed by atoms with Crippen LogP contribution in [0.5, 0.6) is 0 Å². The van der Waals surface area contributed by atoms with Crippen molar-refractivity contribution < 1.29 is 4.79 Å². The van der Waals surface area contributed by atoms with Gasteiger partial charge in [0.05, 0.1) is 5.69 Å². The molecule has 1 saturated heterocycles. The highest BCUT2D eigenvalue weighted by molar-refractivity contribution is 5.76. The molecule has 0 N–H and O–H groups in total. The highest BCUT2D eigenvalue weighted by Gasteiger charge is 2.27. The first kappa shape index (κ1) is 21.9. The molecule has 2 aromatic heterocycles. The van der Waals surface area contributed by atoms with Crippen LogP contribution in [0, 0.1) is 13.8 Å². The number of piperazine rings is 1. The van der Waals surface area contributed by atoms with E-state index >= 15 is 0 Å². The molecule has 3 heterocycles. The van der Waals surface area contributed by atoms with Crippen molar-refractivity contribution in [3.63, 3.8) is 0 Å². The average molecular weight is 457 g/mol. The third-order valence-corrected chi connectivity index (χ3v) is 6.40. The fourth-order valence-corrected chi connectivity index (χ4v) is 4.63. The molecule has 8 heteroatoms. The zero-order valence-electron chi connectivity index (χ0n) is 19.7. The van der Waals surface area contributed by atoms with E-state index < -0.39 is 0 Å². The maximum absolute atomic E-state index is 13.1. The highest BCUT2D eigenvalue weighted by atomic mass is 16.2. The van der Waals surface area contributed by atoms with Crippen LogP contribution in [0.25, 0.3) is 16.8 Å². The summed E-state index contributed by atoms with van der Waals surface area (Å²) in [6.45, 7) is 7.88. The molecular weight excluding hydrogens is 428 g/mol. The van der Waals surface area contributed by atoms with E-state index in [9.17, 15) is 9.59 Å². The van der Waals surface area contributed by atoms with Crippen molar-refractivity contribution in [2.24, 2.45) is 0 Å². The summed E-state index contributed by atoms with van der Waals surface area (Å²) in [5.41, 5.74) is 4.11. The lowest BCUT2D eigenvalue weighted by atomic mass is 10.1. The lowest BCUT2D eigenvalue weighted by Gasteiger charge is -2.41. The van der Waals surface area contributed by atoms with E-state index in [1.807, 2.05) is 35.2 Å². The molecule has 0 saturated carbocycles. The van der Waals surface area contributed by atoms with Crippen LogP contribution in [0.1, 0.15) is 18.3 Å². The van der Waals surface area contributed by atoms with E-state index in [1.54, 1.807) is 17.5 Å². The number of nitrogens with zero attached hydrogens (tertiary/aromatic N) is 6. The summed E-state index contributed by atoms with van der Waals surface area (Å²) in [7, 11) is 0. The Kier molecular flexibility index (Phi) is 5.65. The second-order valence-corrected chi connectivity index (χ2v) is 8.92. The van der Waals surface area contributed by atoms with E-state index in [2.05, 4.69) is 53.2 Å². The minimum Gasteiger partial charge on any atom is -0.365 e. The first-order valence-electron chi connectivity index (χ1n) is 11.5. The van der Waals surface area contributed by atoms with Crippen LogP contribution in [-0.4, -0.2) is 55.9 Å². The number of carbonyl (C=O) groups is 1. The number of amides is 1. The van der Waals surface area contributed by atoms with Crippen molar-refractivity contribution in [2.75, 3.05) is 24.5 Å². The van der Waals surface area contributed by atoms with Gasteiger partial charge in [0.15, 0.2) is 0 Å². The lowest BCUT2D eigenvalue weighted by molar-refractivity contribution is -0.132. The first-order chi connectivity index (χ1) is 16.4. The normalized spacial score (nSPS) is 16.3. The van der Waals surface area contributed by atoms with E-state index in [0.717, 1.165) is 12.1 Å². The molecule has 0 bridgehead atoms. The fraction of sp³-hybridized carbons (Fsp3) is 0.308. The third kappa shape index (κ3) is 4.07. The third-order valence-electron chi connectivity index (χ3n) is 6.40. The molecule has 5 rings (SSSR count). The Morgan fingerprint density at radius 3 is 2.53 bits per heavy atom. The molecule has 1 atom stereocenters. The van der Waals surface area contributed by atoms with Crippen LogP contribution in [-0.2, 0) is 11.3 Å². The molecule has 1 aliphatic rings. The molecule has 174 valence electrons. The molecule has 1 fully saturated rings. The summed E-state index contributed by atoms with van der Waals surface area (Å²) in [6.07, 6.45) is 0. The zero-order valence-corrected chi connectivity index (χ0v) is 19.7. The monoisotopic (exact) mass is 456 g/mol. The van der Waals surface area contributed by atoms with Crippen molar-refractivity contribution in [2.45, 2.75) is 33.4 Å². The quantitative estimate of drug-likeness (QED) is 0.472. The maximum atomic E-state index is 13.1. The van der Waals surface area contributed by atoms with E-state index in [-0.39, 0.29) is 24.1 Å². The van der Waals surface area contributed by atoms with Crippen molar-refractivity contribution in [1.82, 2.24) is 24.3 Å². The minimum atomic E-state index is -0.319. The van der Waals surface area contributed by atoms with E-state index in [1.165, 1.54) is 15.9 Å². The molecule has 1 amide bonds. The first-order valence-corrected chi connectivity index (χ1v) is 11.5. The number of aryl methyl sites for hydroxylation is 2. The van der Waals surface area contributed by atoms with Gasteiger partial charge >= 0.3 is 0 Å². The average Bonchev–Trinajstić information content (AvgIpc) is 3.29. The lowest BCUT2D eigenvalue weighted by Crippen LogP contribution is -2.54. The Morgan fingerprint density at radius 2 is 1.79 bits per heavy atom. The number of benzene rings is 2. The Labute approximate surface area is 198 Å². The van der Waals surface area contributed by atoms with Gasteiger partial charge in [-0.1, -0.05) is 42.5 Å². The number of carbonyl (C=O) groups excluding carboxylic acids is 1. The zero-order chi connectivity index (χ0) is 23.8. The van der Waals surface area contributed by atoms with Gasteiger partial charge in [-0.3, -0.25) is 9.59 Å². The minimum absolute atomic E-state index is 0.0841. The molecule has 0 spiro atoms. The summed E-state index contributed by atoms with van der Waals surface area (Å²) in [4.78, 5) is 30.4. The van der Waals surface area contributed by atoms with E-state index in [4.69, 9.17) is 0 Å². The van der Waals surface area contributed by atoms with Crippen molar-refractivity contribution in [1.29, 1.82) is 0 Å². The van der Waals surface area contributed by atoms with Gasteiger partial charge in [0.2, 0.25) is 5.91 Å². The van der Waals surface area contributed by atoms with Crippen LogP contribution in [0.4, 0.5) is 5.69 Å². The summed E-state index contributed by atoms with van der Waals surface area (Å²) in [5.74, 6) is 0.458.